The molecular weight excluding hydrogens is 502 g/mol. The fraction of sp³-hybridized carbons (Fsp3) is 0.207. The number of rotatable bonds is 8. The number of Topliss-reactive ketones (excluding diaryl/α,β-unsaturated/α-hetero) is 1. The number of fused-ring (bicyclic) bond motifs is 3. The number of ketones is 1. The molecule has 38 heavy (non-hydrogen) atoms. The van der Waals surface area contributed by atoms with E-state index < -0.39 is 6.04 Å². The number of aromatic nitrogens is 3. The van der Waals surface area contributed by atoms with Gasteiger partial charge in [0.25, 0.3) is 5.91 Å². The molecule has 2 heterocycles. The first-order chi connectivity index (χ1) is 18.4. The lowest BCUT2D eigenvalue weighted by molar-refractivity contribution is -0.117. The quantitative estimate of drug-likeness (QED) is 0.328. The predicted octanol–water partition coefficient (Wildman–Crippen LogP) is 4.91. The maximum Gasteiger partial charge on any atom is 0.251 e. The maximum atomic E-state index is 12.3. The summed E-state index contributed by atoms with van der Waals surface area (Å²) in [4.78, 5) is 29.5. The minimum Gasteiger partial charge on any atom is -0.492 e. The van der Waals surface area contributed by atoms with E-state index in [4.69, 9.17) is 21.3 Å². The molecule has 1 atom stereocenters. The third-order valence-corrected chi connectivity index (χ3v) is 6.44. The number of aliphatic imine (C=N–C) groups is 1. The van der Waals surface area contributed by atoms with Crippen molar-refractivity contribution in [3.8, 4) is 11.4 Å². The van der Waals surface area contributed by atoms with Gasteiger partial charge in [0.15, 0.2) is 5.82 Å². The van der Waals surface area contributed by atoms with Gasteiger partial charge in [-0.25, -0.2) is 0 Å². The summed E-state index contributed by atoms with van der Waals surface area (Å²) in [6, 6.07) is 21.7. The second kappa shape index (κ2) is 11.0. The standard InChI is InChI=1S/C29H26ClN5O3/c1-18(36)16-25-28-34-33-19(2)35(28)26-13-12-23(38-15-14-31-29(37)21-6-4-3-5-7-21)17-24(26)27(32-25)20-8-10-22(30)11-9-20/h3-13,17,25H,14-16H2,1-2H3,(H,31,37)/t25-/m0/s1. The fourth-order valence-corrected chi connectivity index (χ4v) is 4.56. The van der Waals surface area contributed by atoms with Crippen molar-refractivity contribution in [3.63, 3.8) is 0 Å². The third-order valence-electron chi connectivity index (χ3n) is 6.19. The highest BCUT2D eigenvalue weighted by molar-refractivity contribution is 6.30. The Hall–Kier alpha value is -4.30. The van der Waals surface area contributed by atoms with Crippen LogP contribution in [-0.4, -0.2) is 45.3 Å². The highest BCUT2D eigenvalue weighted by Gasteiger charge is 2.29. The molecule has 3 aromatic carbocycles. The van der Waals surface area contributed by atoms with Crippen LogP contribution in [0.3, 0.4) is 0 Å². The number of benzene rings is 3. The van der Waals surface area contributed by atoms with Crippen LogP contribution >= 0.6 is 11.6 Å². The summed E-state index contributed by atoms with van der Waals surface area (Å²) in [5, 5.41) is 12.1. The van der Waals surface area contributed by atoms with Crippen molar-refractivity contribution in [2.24, 2.45) is 4.99 Å². The molecule has 1 aliphatic heterocycles. The Kier molecular flexibility index (Phi) is 7.33. The van der Waals surface area contributed by atoms with Crippen LogP contribution in [0.25, 0.3) is 5.69 Å². The molecule has 1 N–H and O–H groups in total. The van der Waals surface area contributed by atoms with Gasteiger partial charge in [-0.2, -0.15) is 0 Å². The molecule has 5 rings (SSSR count). The van der Waals surface area contributed by atoms with Crippen LogP contribution < -0.4 is 10.1 Å². The van der Waals surface area contributed by atoms with Crippen LogP contribution in [0.5, 0.6) is 5.75 Å². The molecule has 1 aromatic heterocycles. The molecular formula is C29H26ClN5O3. The number of carbonyl (C=O) groups excluding carboxylic acids is 2. The lowest BCUT2D eigenvalue weighted by Gasteiger charge is -2.15. The van der Waals surface area contributed by atoms with E-state index in [2.05, 4.69) is 15.5 Å². The number of aryl methyl sites for hydroxylation is 1. The van der Waals surface area contributed by atoms with Crippen molar-refractivity contribution in [2.45, 2.75) is 26.3 Å². The maximum absolute atomic E-state index is 12.3. The van der Waals surface area contributed by atoms with E-state index in [1.54, 1.807) is 19.1 Å². The first-order valence-corrected chi connectivity index (χ1v) is 12.6. The number of ether oxygens (including phenoxy) is 1. The zero-order chi connectivity index (χ0) is 26.6. The number of nitrogens with zero attached hydrogens (tertiary/aromatic N) is 4. The molecule has 8 nitrogen and oxygen atoms in total. The van der Waals surface area contributed by atoms with Crippen LogP contribution in [-0.2, 0) is 4.79 Å². The van der Waals surface area contributed by atoms with Gasteiger partial charge in [0, 0.05) is 28.1 Å². The topological polar surface area (TPSA) is 98.5 Å². The number of hydrogen-bond acceptors (Lipinski definition) is 6. The molecule has 1 aliphatic rings. The number of carbonyl (C=O) groups is 2. The zero-order valence-electron chi connectivity index (χ0n) is 21.0. The summed E-state index contributed by atoms with van der Waals surface area (Å²) in [6.45, 7) is 4.05. The average molecular weight is 528 g/mol. The molecule has 192 valence electrons. The summed E-state index contributed by atoms with van der Waals surface area (Å²) in [5.74, 6) is 1.78. The highest BCUT2D eigenvalue weighted by Crippen LogP contribution is 2.34. The first-order valence-electron chi connectivity index (χ1n) is 12.3. The highest BCUT2D eigenvalue weighted by atomic mass is 35.5. The smallest absolute Gasteiger partial charge is 0.251 e. The predicted molar refractivity (Wildman–Crippen MR) is 145 cm³/mol. The normalized spacial score (nSPS) is 14.1. The Balaban J connectivity index is 1.46. The summed E-state index contributed by atoms with van der Waals surface area (Å²) in [5.41, 5.74) is 3.81. The van der Waals surface area contributed by atoms with Crippen molar-refractivity contribution in [3.05, 3.63) is 106 Å². The first kappa shape index (κ1) is 25.4. The summed E-state index contributed by atoms with van der Waals surface area (Å²) < 4.78 is 7.95. The van der Waals surface area contributed by atoms with Crippen LogP contribution in [0.1, 0.15) is 52.5 Å². The van der Waals surface area contributed by atoms with E-state index in [-0.39, 0.29) is 24.7 Å². The van der Waals surface area contributed by atoms with Gasteiger partial charge in [0.05, 0.1) is 17.9 Å². The molecule has 0 spiro atoms. The lowest BCUT2D eigenvalue weighted by Crippen LogP contribution is -2.28. The monoisotopic (exact) mass is 527 g/mol. The van der Waals surface area contributed by atoms with E-state index in [1.165, 1.54) is 0 Å². The van der Waals surface area contributed by atoms with Gasteiger partial charge >= 0.3 is 0 Å². The number of hydrogen-bond donors (Lipinski definition) is 1. The molecule has 0 saturated carbocycles. The Labute approximate surface area is 225 Å². The van der Waals surface area contributed by atoms with E-state index in [9.17, 15) is 9.59 Å². The van der Waals surface area contributed by atoms with Crippen LogP contribution in [0.2, 0.25) is 5.02 Å². The molecule has 4 aromatic rings. The van der Waals surface area contributed by atoms with Crippen molar-refractivity contribution < 1.29 is 14.3 Å². The summed E-state index contributed by atoms with van der Waals surface area (Å²) in [6.07, 6.45) is 0.202. The zero-order valence-corrected chi connectivity index (χ0v) is 21.8. The second-order valence-corrected chi connectivity index (χ2v) is 9.43. The second-order valence-electron chi connectivity index (χ2n) is 9.00. The van der Waals surface area contributed by atoms with Gasteiger partial charge in [-0.15, -0.1) is 10.2 Å². The van der Waals surface area contributed by atoms with E-state index in [0.29, 0.717) is 40.2 Å². The molecule has 0 bridgehead atoms. The Morgan fingerprint density at radius 2 is 1.79 bits per heavy atom. The van der Waals surface area contributed by atoms with Crippen molar-refractivity contribution in [2.75, 3.05) is 13.2 Å². The molecule has 0 radical (unpaired) electrons. The van der Waals surface area contributed by atoms with Crippen LogP contribution in [0.4, 0.5) is 0 Å². The Morgan fingerprint density at radius 1 is 1.03 bits per heavy atom. The number of halogens is 1. The van der Waals surface area contributed by atoms with E-state index >= 15 is 0 Å². The Morgan fingerprint density at radius 3 is 2.53 bits per heavy atom. The SMILES string of the molecule is CC(=O)C[C@@H]1N=C(c2ccc(Cl)cc2)c2cc(OCCNC(=O)c3ccccc3)ccc2-n2c(C)nnc21. The van der Waals surface area contributed by atoms with E-state index in [1.807, 2.05) is 72.2 Å². The molecule has 0 fully saturated rings. The molecule has 0 saturated heterocycles. The van der Waals surface area contributed by atoms with Gasteiger partial charge in [-0.1, -0.05) is 41.9 Å². The molecule has 0 aliphatic carbocycles. The van der Waals surface area contributed by atoms with Gasteiger partial charge in [0.1, 0.15) is 30.0 Å². The fourth-order valence-electron chi connectivity index (χ4n) is 4.44. The van der Waals surface area contributed by atoms with Crippen molar-refractivity contribution in [1.29, 1.82) is 0 Å². The van der Waals surface area contributed by atoms with Crippen LogP contribution in [0.15, 0.2) is 77.8 Å². The lowest BCUT2D eigenvalue weighted by atomic mass is 10.00. The van der Waals surface area contributed by atoms with Gasteiger partial charge in [0.2, 0.25) is 0 Å². The van der Waals surface area contributed by atoms with E-state index in [0.717, 1.165) is 16.8 Å². The Bertz CT molecular complexity index is 1510. The minimum absolute atomic E-state index is 0.00828. The summed E-state index contributed by atoms with van der Waals surface area (Å²) in [7, 11) is 0. The largest absolute Gasteiger partial charge is 0.492 e. The van der Waals surface area contributed by atoms with Gasteiger partial charge in [-0.3, -0.25) is 19.1 Å². The number of nitrogens with one attached hydrogen (secondary N) is 1. The average Bonchev–Trinajstić information content (AvgIpc) is 3.24. The van der Waals surface area contributed by atoms with Crippen LogP contribution in [0, 0.1) is 6.92 Å². The number of amides is 1. The third kappa shape index (κ3) is 5.35. The minimum atomic E-state index is -0.496. The summed E-state index contributed by atoms with van der Waals surface area (Å²) >= 11 is 6.16. The van der Waals surface area contributed by atoms with Gasteiger partial charge < -0.3 is 10.1 Å². The molecule has 9 heteroatoms. The van der Waals surface area contributed by atoms with Crippen molar-refractivity contribution >= 4 is 29.0 Å². The molecule has 1 amide bonds. The van der Waals surface area contributed by atoms with Gasteiger partial charge in [-0.05, 0) is 56.3 Å². The van der Waals surface area contributed by atoms with Crippen molar-refractivity contribution in [1.82, 2.24) is 20.1 Å². The molecule has 0 unspecified atom stereocenters.